The topological polar surface area (TPSA) is 75.8 Å². The van der Waals surface area contributed by atoms with E-state index in [0.29, 0.717) is 13.0 Å². The molecule has 0 aromatic heterocycles. The van der Waals surface area contributed by atoms with E-state index in [2.05, 4.69) is 4.90 Å². The van der Waals surface area contributed by atoms with E-state index >= 15 is 0 Å². The van der Waals surface area contributed by atoms with E-state index in [0.717, 1.165) is 19.5 Å². The molecule has 0 aliphatic heterocycles. The van der Waals surface area contributed by atoms with Gasteiger partial charge >= 0.3 is 5.97 Å². The molecule has 0 fully saturated rings. The number of rotatable bonds is 8. The highest BCUT2D eigenvalue weighted by Gasteiger charge is 2.26. The number of carboxylic acids is 1. The molecule has 3 N–H and O–H groups in total. The van der Waals surface area contributed by atoms with Gasteiger partial charge in [0, 0.05) is 13.7 Å². The van der Waals surface area contributed by atoms with Crippen LogP contribution in [0.1, 0.15) is 19.8 Å². The third-order valence-electron chi connectivity index (χ3n) is 2.40. The van der Waals surface area contributed by atoms with Crippen LogP contribution in [-0.4, -0.2) is 55.4 Å². The number of carboxylic acid groups (broad SMARTS) is 1. The van der Waals surface area contributed by atoms with Gasteiger partial charge in [-0.15, -0.1) is 0 Å². The van der Waals surface area contributed by atoms with Gasteiger partial charge in [-0.3, -0.25) is 4.79 Å². The van der Waals surface area contributed by atoms with Crippen LogP contribution in [-0.2, 0) is 9.53 Å². The van der Waals surface area contributed by atoms with Crippen molar-refractivity contribution in [2.75, 3.05) is 33.9 Å². The van der Waals surface area contributed by atoms with Crippen molar-refractivity contribution in [1.29, 1.82) is 0 Å². The summed E-state index contributed by atoms with van der Waals surface area (Å²) in [4.78, 5) is 12.8. The first-order valence-electron chi connectivity index (χ1n) is 5.10. The van der Waals surface area contributed by atoms with E-state index in [4.69, 9.17) is 15.6 Å². The molecule has 1 atom stereocenters. The molecular weight excluding hydrogens is 196 g/mol. The number of carbonyl (C=O) groups is 1. The molecule has 0 amide bonds. The number of ether oxygens (including phenoxy) is 1. The molecular formula is C10H22N2O3. The number of nitrogens with two attached hydrogens (primary N) is 1. The van der Waals surface area contributed by atoms with Crippen LogP contribution < -0.4 is 5.73 Å². The summed E-state index contributed by atoms with van der Waals surface area (Å²) >= 11 is 0. The van der Waals surface area contributed by atoms with Gasteiger partial charge in [-0.1, -0.05) is 0 Å². The van der Waals surface area contributed by atoms with Gasteiger partial charge < -0.3 is 20.5 Å². The third kappa shape index (κ3) is 6.43. The van der Waals surface area contributed by atoms with E-state index in [1.807, 2.05) is 7.05 Å². The molecule has 5 heteroatoms. The maximum atomic E-state index is 10.7. The van der Waals surface area contributed by atoms with Crippen molar-refractivity contribution in [1.82, 2.24) is 4.90 Å². The summed E-state index contributed by atoms with van der Waals surface area (Å²) in [6.07, 6.45) is 1.26. The SMILES string of the molecule is COCCN(C)CCCC(C)(N)C(=O)O. The summed E-state index contributed by atoms with van der Waals surface area (Å²) in [5, 5.41) is 8.79. The van der Waals surface area contributed by atoms with Crippen molar-refractivity contribution in [3.8, 4) is 0 Å². The first-order valence-corrected chi connectivity index (χ1v) is 5.10. The van der Waals surface area contributed by atoms with Crippen LogP contribution in [0.15, 0.2) is 0 Å². The molecule has 0 aromatic carbocycles. The molecule has 0 aliphatic rings. The highest BCUT2D eigenvalue weighted by Crippen LogP contribution is 2.09. The molecule has 1 unspecified atom stereocenters. The van der Waals surface area contributed by atoms with E-state index < -0.39 is 11.5 Å². The first-order chi connectivity index (χ1) is 6.90. The fourth-order valence-electron chi connectivity index (χ4n) is 1.18. The molecule has 0 radical (unpaired) electrons. The van der Waals surface area contributed by atoms with Crippen LogP contribution in [0.4, 0.5) is 0 Å². The van der Waals surface area contributed by atoms with Crippen LogP contribution in [0.2, 0.25) is 0 Å². The van der Waals surface area contributed by atoms with Gasteiger partial charge in [0.2, 0.25) is 0 Å². The largest absolute Gasteiger partial charge is 0.480 e. The zero-order valence-electron chi connectivity index (χ0n) is 9.82. The Balaban J connectivity index is 3.65. The number of aliphatic carboxylic acids is 1. The Morgan fingerprint density at radius 1 is 1.53 bits per heavy atom. The van der Waals surface area contributed by atoms with Crippen molar-refractivity contribution in [3.05, 3.63) is 0 Å². The second-order valence-electron chi connectivity index (χ2n) is 4.12. The van der Waals surface area contributed by atoms with E-state index in [9.17, 15) is 4.79 Å². The van der Waals surface area contributed by atoms with Crippen LogP contribution in [0.5, 0.6) is 0 Å². The minimum atomic E-state index is -1.11. The highest BCUT2D eigenvalue weighted by atomic mass is 16.5. The zero-order valence-corrected chi connectivity index (χ0v) is 9.82. The van der Waals surface area contributed by atoms with Crippen molar-refractivity contribution >= 4 is 5.97 Å². The van der Waals surface area contributed by atoms with Crippen LogP contribution in [0.25, 0.3) is 0 Å². The van der Waals surface area contributed by atoms with Crippen LogP contribution in [0.3, 0.4) is 0 Å². The highest BCUT2D eigenvalue weighted by molar-refractivity contribution is 5.77. The molecule has 0 saturated carbocycles. The quantitative estimate of drug-likeness (QED) is 0.606. The smallest absolute Gasteiger partial charge is 0.323 e. The maximum Gasteiger partial charge on any atom is 0.323 e. The standard InChI is InChI=1S/C10H22N2O3/c1-10(11,9(13)14)5-4-6-12(2)7-8-15-3/h4-8,11H2,1-3H3,(H,13,14). The minimum Gasteiger partial charge on any atom is -0.480 e. The molecule has 0 spiro atoms. The molecule has 15 heavy (non-hydrogen) atoms. The van der Waals surface area contributed by atoms with Crippen molar-refractivity contribution < 1.29 is 14.6 Å². The average molecular weight is 218 g/mol. The van der Waals surface area contributed by atoms with Gasteiger partial charge in [0.25, 0.3) is 0 Å². The molecule has 0 rings (SSSR count). The summed E-state index contributed by atoms with van der Waals surface area (Å²) in [6.45, 7) is 3.92. The summed E-state index contributed by atoms with van der Waals surface area (Å²) in [5.74, 6) is -0.943. The molecule has 0 bridgehead atoms. The second kappa shape index (κ2) is 6.76. The molecule has 0 heterocycles. The lowest BCUT2D eigenvalue weighted by atomic mass is 9.97. The normalized spacial score (nSPS) is 15.3. The van der Waals surface area contributed by atoms with Crippen molar-refractivity contribution in [3.63, 3.8) is 0 Å². The Bertz CT molecular complexity index is 195. The lowest BCUT2D eigenvalue weighted by Crippen LogP contribution is -2.45. The zero-order chi connectivity index (χ0) is 11.9. The fraction of sp³-hybridized carbons (Fsp3) is 0.900. The van der Waals surface area contributed by atoms with Crippen LogP contribution >= 0.6 is 0 Å². The number of hydrogen-bond donors (Lipinski definition) is 2. The summed E-state index contributed by atoms with van der Waals surface area (Å²) in [7, 11) is 3.64. The predicted molar refractivity (Wildman–Crippen MR) is 58.8 cm³/mol. The van der Waals surface area contributed by atoms with Gasteiger partial charge in [-0.2, -0.15) is 0 Å². The van der Waals surface area contributed by atoms with Crippen molar-refractivity contribution in [2.24, 2.45) is 5.73 Å². The Morgan fingerprint density at radius 2 is 2.13 bits per heavy atom. The summed E-state index contributed by atoms with van der Waals surface area (Å²) in [6, 6.07) is 0. The Kier molecular flexibility index (Phi) is 6.47. The molecule has 5 nitrogen and oxygen atoms in total. The number of nitrogens with zero attached hydrogens (tertiary/aromatic N) is 1. The molecule has 0 aliphatic carbocycles. The summed E-state index contributed by atoms with van der Waals surface area (Å²) < 4.78 is 4.94. The van der Waals surface area contributed by atoms with Crippen molar-refractivity contribution in [2.45, 2.75) is 25.3 Å². The van der Waals surface area contributed by atoms with E-state index in [-0.39, 0.29) is 0 Å². The third-order valence-corrected chi connectivity index (χ3v) is 2.40. The predicted octanol–water partition coefficient (Wildman–Crippen LogP) is 0.147. The average Bonchev–Trinajstić information content (AvgIpc) is 2.14. The van der Waals surface area contributed by atoms with Crippen LogP contribution in [0, 0.1) is 0 Å². The molecule has 90 valence electrons. The number of likely N-dealkylation sites (N-methyl/N-ethyl adjacent to an activating group) is 1. The minimum absolute atomic E-state index is 0.486. The van der Waals surface area contributed by atoms with E-state index in [1.54, 1.807) is 14.0 Å². The first kappa shape index (κ1) is 14.3. The lowest BCUT2D eigenvalue weighted by Gasteiger charge is -2.21. The lowest BCUT2D eigenvalue weighted by molar-refractivity contribution is -0.142. The second-order valence-corrected chi connectivity index (χ2v) is 4.12. The Morgan fingerprint density at radius 3 is 2.60 bits per heavy atom. The number of methoxy groups -OCH3 is 1. The van der Waals surface area contributed by atoms with Gasteiger partial charge in [0.1, 0.15) is 5.54 Å². The monoisotopic (exact) mass is 218 g/mol. The maximum absolute atomic E-state index is 10.7. The fourth-order valence-corrected chi connectivity index (χ4v) is 1.18. The Labute approximate surface area is 91.2 Å². The van der Waals surface area contributed by atoms with Gasteiger partial charge in [-0.25, -0.2) is 0 Å². The molecule has 0 aromatic rings. The van der Waals surface area contributed by atoms with Gasteiger partial charge in [-0.05, 0) is 33.4 Å². The molecule has 0 saturated heterocycles. The van der Waals surface area contributed by atoms with E-state index in [1.165, 1.54) is 0 Å². The van der Waals surface area contributed by atoms with Gasteiger partial charge in [0.05, 0.1) is 6.61 Å². The summed E-state index contributed by atoms with van der Waals surface area (Å²) in [5.41, 5.74) is 4.49. The van der Waals surface area contributed by atoms with Gasteiger partial charge in [0.15, 0.2) is 0 Å². The number of hydrogen-bond acceptors (Lipinski definition) is 4. The Hall–Kier alpha value is -0.650.